The van der Waals surface area contributed by atoms with Gasteiger partial charge >= 0.3 is 0 Å². The SMILES string of the molecule is CCN(CC)c1ccc(-[n+]2ccc(C)cc2)cc1. The Morgan fingerprint density at radius 1 is 0.889 bits per heavy atom. The minimum absolute atomic E-state index is 1.05. The number of hydrogen-bond acceptors (Lipinski definition) is 1. The van der Waals surface area contributed by atoms with E-state index >= 15 is 0 Å². The van der Waals surface area contributed by atoms with Crippen LogP contribution in [0.1, 0.15) is 19.4 Å². The van der Waals surface area contributed by atoms with E-state index in [1.807, 2.05) is 0 Å². The van der Waals surface area contributed by atoms with Crippen LogP contribution in [0.25, 0.3) is 5.69 Å². The van der Waals surface area contributed by atoms with E-state index in [0.717, 1.165) is 13.1 Å². The highest BCUT2D eigenvalue weighted by Gasteiger charge is 2.06. The molecule has 1 heterocycles. The molecule has 94 valence electrons. The van der Waals surface area contributed by atoms with Gasteiger partial charge in [0.05, 0.1) is 0 Å². The van der Waals surface area contributed by atoms with Crippen LogP contribution in [-0.2, 0) is 0 Å². The van der Waals surface area contributed by atoms with Crippen molar-refractivity contribution in [2.24, 2.45) is 0 Å². The van der Waals surface area contributed by atoms with Crippen LogP contribution in [0.4, 0.5) is 5.69 Å². The second-order valence-corrected chi connectivity index (χ2v) is 4.47. The van der Waals surface area contributed by atoms with E-state index in [4.69, 9.17) is 0 Å². The number of pyridine rings is 1. The van der Waals surface area contributed by atoms with E-state index in [0.29, 0.717) is 0 Å². The first kappa shape index (κ1) is 12.6. The summed E-state index contributed by atoms with van der Waals surface area (Å²) in [5, 5.41) is 0. The first-order chi connectivity index (χ1) is 8.74. The molecule has 1 aromatic heterocycles. The minimum Gasteiger partial charge on any atom is -0.372 e. The Hall–Kier alpha value is -1.83. The van der Waals surface area contributed by atoms with Gasteiger partial charge in [-0.2, -0.15) is 4.57 Å². The van der Waals surface area contributed by atoms with E-state index in [-0.39, 0.29) is 0 Å². The fourth-order valence-electron chi connectivity index (χ4n) is 2.10. The van der Waals surface area contributed by atoms with Crippen molar-refractivity contribution in [2.45, 2.75) is 20.8 Å². The van der Waals surface area contributed by atoms with Crippen LogP contribution >= 0.6 is 0 Å². The van der Waals surface area contributed by atoms with Crippen LogP contribution in [0.5, 0.6) is 0 Å². The maximum absolute atomic E-state index is 2.35. The molecule has 0 saturated carbocycles. The number of hydrogen-bond donors (Lipinski definition) is 0. The normalized spacial score (nSPS) is 10.4. The fraction of sp³-hybridized carbons (Fsp3) is 0.312. The molecular weight excluding hydrogens is 220 g/mol. The van der Waals surface area contributed by atoms with Crippen molar-refractivity contribution in [3.05, 3.63) is 54.4 Å². The van der Waals surface area contributed by atoms with E-state index in [1.165, 1.54) is 16.9 Å². The molecule has 2 heteroatoms. The van der Waals surface area contributed by atoms with Gasteiger partial charge in [-0.3, -0.25) is 0 Å². The Kier molecular flexibility index (Phi) is 3.98. The zero-order valence-corrected chi connectivity index (χ0v) is 11.4. The number of rotatable bonds is 4. The molecule has 2 rings (SSSR count). The molecule has 18 heavy (non-hydrogen) atoms. The molecule has 0 atom stereocenters. The summed E-state index contributed by atoms with van der Waals surface area (Å²) in [5.74, 6) is 0. The molecule has 0 aliphatic heterocycles. The van der Waals surface area contributed by atoms with Crippen molar-refractivity contribution < 1.29 is 4.57 Å². The monoisotopic (exact) mass is 241 g/mol. The lowest BCUT2D eigenvalue weighted by Crippen LogP contribution is -2.29. The third kappa shape index (κ3) is 2.70. The van der Waals surface area contributed by atoms with E-state index < -0.39 is 0 Å². The Labute approximate surface area is 110 Å². The summed E-state index contributed by atoms with van der Waals surface area (Å²) in [6.07, 6.45) is 4.20. The molecule has 0 aliphatic carbocycles. The third-order valence-electron chi connectivity index (χ3n) is 3.27. The van der Waals surface area contributed by atoms with Gasteiger partial charge in [-0.1, -0.05) is 0 Å². The summed E-state index contributed by atoms with van der Waals surface area (Å²) in [4.78, 5) is 2.35. The number of aromatic nitrogens is 1. The average Bonchev–Trinajstić information content (AvgIpc) is 2.42. The van der Waals surface area contributed by atoms with Gasteiger partial charge < -0.3 is 4.90 Å². The first-order valence-electron chi connectivity index (χ1n) is 6.58. The average molecular weight is 241 g/mol. The van der Waals surface area contributed by atoms with Gasteiger partial charge in [0.2, 0.25) is 5.69 Å². The summed E-state index contributed by atoms with van der Waals surface area (Å²) < 4.78 is 2.14. The standard InChI is InChI=1S/C16H21N2/c1-4-17(5-2)15-6-8-16(9-7-15)18-12-10-14(3)11-13-18/h6-13H,4-5H2,1-3H3/q+1. The predicted molar refractivity (Wildman–Crippen MR) is 76.3 cm³/mol. The van der Waals surface area contributed by atoms with Crippen molar-refractivity contribution in [3.63, 3.8) is 0 Å². The van der Waals surface area contributed by atoms with E-state index in [1.54, 1.807) is 0 Å². The molecule has 0 unspecified atom stereocenters. The molecule has 0 aliphatic rings. The number of benzene rings is 1. The topological polar surface area (TPSA) is 7.12 Å². The molecule has 2 nitrogen and oxygen atoms in total. The maximum atomic E-state index is 2.35. The van der Waals surface area contributed by atoms with Gasteiger partial charge in [-0.15, -0.1) is 0 Å². The van der Waals surface area contributed by atoms with Crippen molar-refractivity contribution in [1.29, 1.82) is 0 Å². The largest absolute Gasteiger partial charge is 0.372 e. The molecule has 0 amide bonds. The second kappa shape index (κ2) is 5.67. The van der Waals surface area contributed by atoms with Crippen molar-refractivity contribution in [2.75, 3.05) is 18.0 Å². The van der Waals surface area contributed by atoms with Crippen LogP contribution in [-0.4, -0.2) is 13.1 Å². The zero-order chi connectivity index (χ0) is 13.0. The maximum Gasteiger partial charge on any atom is 0.210 e. The van der Waals surface area contributed by atoms with Gasteiger partial charge in [0.1, 0.15) is 0 Å². The quantitative estimate of drug-likeness (QED) is 0.746. The molecule has 2 aromatic rings. The summed E-state index contributed by atoms with van der Waals surface area (Å²) in [6.45, 7) is 8.58. The molecule has 0 radical (unpaired) electrons. The van der Waals surface area contributed by atoms with E-state index in [9.17, 15) is 0 Å². The Morgan fingerprint density at radius 2 is 1.44 bits per heavy atom. The lowest BCUT2D eigenvalue weighted by Gasteiger charge is -2.20. The first-order valence-corrected chi connectivity index (χ1v) is 6.58. The summed E-state index contributed by atoms with van der Waals surface area (Å²) >= 11 is 0. The molecule has 0 fully saturated rings. The van der Waals surface area contributed by atoms with Crippen molar-refractivity contribution >= 4 is 5.69 Å². The second-order valence-electron chi connectivity index (χ2n) is 4.47. The third-order valence-corrected chi connectivity index (χ3v) is 3.27. The van der Waals surface area contributed by atoms with Crippen LogP contribution in [0.2, 0.25) is 0 Å². The highest BCUT2D eigenvalue weighted by atomic mass is 15.1. The smallest absolute Gasteiger partial charge is 0.210 e. The number of nitrogens with zero attached hydrogens (tertiary/aromatic N) is 2. The molecule has 0 N–H and O–H groups in total. The van der Waals surface area contributed by atoms with Gasteiger partial charge in [-0.05, 0) is 38.5 Å². The molecule has 0 spiro atoms. The van der Waals surface area contributed by atoms with Crippen LogP contribution in [0, 0.1) is 6.92 Å². The summed E-state index contributed by atoms with van der Waals surface area (Å²) in [6, 6.07) is 13.0. The number of anilines is 1. The van der Waals surface area contributed by atoms with Gasteiger partial charge in [0.15, 0.2) is 12.4 Å². The van der Waals surface area contributed by atoms with Crippen molar-refractivity contribution in [1.82, 2.24) is 0 Å². The minimum atomic E-state index is 1.05. The van der Waals surface area contributed by atoms with E-state index in [2.05, 4.69) is 79.0 Å². The fourth-order valence-corrected chi connectivity index (χ4v) is 2.10. The van der Waals surface area contributed by atoms with Crippen LogP contribution in [0.15, 0.2) is 48.8 Å². The molecule has 0 bridgehead atoms. The van der Waals surface area contributed by atoms with Gasteiger partial charge in [0.25, 0.3) is 0 Å². The lowest BCUT2D eigenvalue weighted by molar-refractivity contribution is -0.595. The van der Waals surface area contributed by atoms with Crippen LogP contribution in [0.3, 0.4) is 0 Å². The summed E-state index contributed by atoms with van der Waals surface area (Å²) in [5.41, 5.74) is 3.77. The van der Waals surface area contributed by atoms with Gasteiger partial charge in [-0.25, -0.2) is 0 Å². The predicted octanol–water partition coefficient (Wildman–Crippen LogP) is 3.12. The molecular formula is C16H21N2+. The van der Waals surface area contributed by atoms with Crippen molar-refractivity contribution in [3.8, 4) is 5.69 Å². The Bertz CT molecular complexity index is 482. The number of aryl methyl sites for hydroxylation is 1. The zero-order valence-electron chi connectivity index (χ0n) is 11.4. The highest BCUT2D eigenvalue weighted by Crippen LogP contribution is 2.14. The molecule has 1 aromatic carbocycles. The lowest BCUT2D eigenvalue weighted by atomic mass is 10.2. The summed E-state index contributed by atoms with van der Waals surface area (Å²) in [7, 11) is 0. The highest BCUT2D eigenvalue weighted by molar-refractivity contribution is 5.48. The Morgan fingerprint density at radius 3 is 1.94 bits per heavy atom. The van der Waals surface area contributed by atoms with Gasteiger partial charge in [0, 0.05) is 43.0 Å². The van der Waals surface area contributed by atoms with Crippen LogP contribution < -0.4 is 9.47 Å². The molecule has 0 saturated heterocycles. The Balaban J connectivity index is 2.24.